The highest BCUT2D eigenvalue weighted by atomic mass is 79.9. The Labute approximate surface area is 121 Å². The highest BCUT2D eigenvalue weighted by Gasteiger charge is 2.38. The van der Waals surface area contributed by atoms with E-state index in [2.05, 4.69) is 29.8 Å². The largest absolute Gasteiger partial charge is 0.324 e. The maximum absolute atomic E-state index is 14.2. The van der Waals surface area contributed by atoms with E-state index in [1.54, 1.807) is 0 Å². The van der Waals surface area contributed by atoms with Crippen LogP contribution in [0.15, 0.2) is 16.6 Å². The Morgan fingerprint density at radius 3 is 2.63 bits per heavy atom. The van der Waals surface area contributed by atoms with Crippen molar-refractivity contribution >= 4 is 15.9 Å². The number of nitrogens with two attached hydrogens (primary N) is 1. The average Bonchev–Trinajstić information content (AvgIpc) is 2.33. The smallest absolute Gasteiger partial charge is 0.145 e. The van der Waals surface area contributed by atoms with Crippen molar-refractivity contribution in [3.05, 3.63) is 33.8 Å². The van der Waals surface area contributed by atoms with Crippen LogP contribution < -0.4 is 5.73 Å². The highest BCUT2D eigenvalue weighted by Crippen LogP contribution is 2.47. The lowest BCUT2D eigenvalue weighted by Gasteiger charge is -2.42. The molecule has 1 aromatic carbocycles. The van der Waals surface area contributed by atoms with Crippen LogP contribution in [0.3, 0.4) is 0 Å². The van der Waals surface area contributed by atoms with Crippen LogP contribution in [-0.2, 0) is 0 Å². The average molecular weight is 332 g/mol. The molecule has 1 nitrogen and oxygen atoms in total. The zero-order valence-electron chi connectivity index (χ0n) is 11.3. The molecular weight excluding hydrogens is 312 g/mol. The highest BCUT2D eigenvalue weighted by molar-refractivity contribution is 9.10. The second-order valence-electron chi connectivity index (χ2n) is 6.12. The third kappa shape index (κ3) is 2.84. The molecule has 0 spiro atoms. The van der Waals surface area contributed by atoms with Crippen LogP contribution in [0.1, 0.15) is 51.1 Å². The predicted molar refractivity (Wildman–Crippen MR) is 76.7 cm³/mol. The van der Waals surface area contributed by atoms with E-state index >= 15 is 0 Å². The van der Waals surface area contributed by atoms with Crippen LogP contribution in [0.4, 0.5) is 8.78 Å². The standard InChI is InChI=1S/C15H20BrF2N/c1-15(2)8-4-3-5-9(15)14(19)12-11(17)7-6-10(16)13(12)18/h6-7,9,14H,3-5,8,19H2,1-2H3. The van der Waals surface area contributed by atoms with Gasteiger partial charge in [-0.3, -0.25) is 0 Å². The Hall–Kier alpha value is -0.480. The van der Waals surface area contributed by atoms with Gasteiger partial charge in [0.25, 0.3) is 0 Å². The molecule has 0 amide bonds. The fourth-order valence-corrected chi connectivity index (χ4v) is 3.58. The van der Waals surface area contributed by atoms with Crippen molar-refractivity contribution in [2.75, 3.05) is 0 Å². The zero-order chi connectivity index (χ0) is 14.2. The molecule has 1 aliphatic rings. The van der Waals surface area contributed by atoms with Gasteiger partial charge in [-0.05, 0) is 52.2 Å². The van der Waals surface area contributed by atoms with Gasteiger partial charge in [0, 0.05) is 11.6 Å². The molecule has 2 unspecified atom stereocenters. The van der Waals surface area contributed by atoms with Gasteiger partial charge < -0.3 is 5.73 Å². The third-order valence-electron chi connectivity index (χ3n) is 4.44. The van der Waals surface area contributed by atoms with Gasteiger partial charge in [0.2, 0.25) is 0 Å². The molecule has 106 valence electrons. The number of hydrogen-bond donors (Lipinski definition) is 1. The number of benzene rings is 1. The van der Waals surface area contributed by atoms with Crippen LogP contribution in [-0.4, -0.2) is 0 Å². The van der Waals surface area contributed by atoms with Crippen LogP contribution in [0.25, 0.3) is 0 Å². The molecule has 4 heteroatoms. The van der Waals surface area contributed by atoms with Gasteiger partial charge in [0.05, 0.1) is 4.47 Å². The van der Waals surface area contributed by atoms with Crippen molar-refractivity contribution < 1.29 is 8.78 Å². The molecule has 1 fully saturated rings. The van der Waals surface area contributed by atoms with E-state index in [1.807, 2.05) is 0 Å². The minimum Gasteiger partial charge on any atom is -0.324 e. The van der Waals surface area contributed by atoms with Crippen LogP contribution >= 0.6 is 15.9 Å². The molecule has 2 rings (SSSR count). The van der Waals surface area contributed by atoms with E-state index < -0.39 is 17.7 Å². The number of rotatable bonds is 2. The van der Waals surface area contributed by atoms with Gasteiger partial charge in [-0.25, -0.2) is 8.78 Å². The van der Waals surface area contributed by atoms with Crippen LogP contribution in [0.2, 0.25) is 0 Å². The van der Waals surface area contributed by atoms with Gasteiger partial charge >= 0.3 is 0 Å². The third-order valence-corrected chi connectivity index (χ3v) is 5.05. The van der Waals surface area contributed by atoms with E-state index in [4.69, 9.17) is 5.73 Å². The van der Waals surface area contributed by atoms with E-state index in [9.17, 15) is 8.78 Å². The van der Waals surface area contributed by atoms with E-state index in [0.29, 0.717) is 0 Å². The van der Waals surface area contributed by atoms with E-state index in [0.717, 1.165) is 19.3 Å². The first kappa shape index (κ1) is 14.9. The summed E-state index contributed by atoms with van der Waals surface area (Å²) in [6.45, 7) is 4.29. The van der Waals surface area contributed by atoms with Crippen molar-refractivity contribution in [3.8, 4) is 0 Å². The van der Waals surface area contributed by atoms with Gasteiger partial charge in [0.15, 0.2) is 0 Å². The Bertz CT molecular complexity index is 473. The maximum atomic E-state index is 14.2. The minimum absolute atomic E-state index is 0.0225. The fraction of sp³-hybridized carbons (Fsp3) is 0.600. The Balaban J connectivity index is 2.39. The first-order valence-corrected chi connectivity index (χ1v) is 7.53. The van der Waals surface area contributed by atoms with Crippen molar-refractivity contribution in [1.82, 2.24) is 0 Å². The van der Waals surface area contributed by atoms with Crippen LogP contribution in [0, 0.1) is 23.0 Å². The lowest BCUT2D eigenvalue weighted by Crippen LogP contribution is -2.37. The first-order chi connectivity index (χ1) is 8.84. The molecule has 19 heavy (non-hydrogen) atoms. The SMILES string of the molecule is CC1(C)CCCCC1C(N)c1c(F)ccc(Br)c1F. The molecular formula is C15H20BrF2N. The quantitative estimate of drug-likeness (QED) is 0.763. The van der Waals surface area contributed by atoms with Crippen molar-refractivity contribution in [2.24, 2.45) is 17.1 Å². The molecule has 2 atom stereocenters. The topological polar surface area (TPSA) is 26.0 Å². The molecule has 2 N–H and O–H groups in total. The van der Waals surface area contributed by atoms with Gasteiger partial charge in [-0.1, -0.05) is 26.7 Å². The minimum atomic E-state index is -0.590. The number of halogens is 3. The zero-order valence-corrected chi connectivity index (χ0v) is 12.9. The number of hydrogen-bond acceptors (Lipinski definition) is 1. The Kier molecular flexibility index (Phi) is 4.31. The molecule has 0 aromatic heterocycles. The normalized spacial score (nSPS) is 24.2. The van der Waals surface area contributed by atoms with Crippen molar-refractivity contribution in [3.63, 3.8) is 0 Å². The van der Waals surface area contributed by atoms with E-state index in [1.165, 1.54) is 18.6 Å². The summed E-state index contributed by atoms with van der Waals surface area (Å²) in [6.07, 6.45) is 4.24. The molecule has 1 aromatic rings. The lowest BCUT2D eigenvalue weighted by atomic mass is 9.65. The summed E-state index contributed by atoms with van der Waals surface area (Å²) < 4.78 is 28.4. The maximum Gasteiger partial charge on any atom is 0.145 e. The molecule has 0 radical (unpaired) electrons. The summed E-state index contributed by atoms with van der Waals surface area (Å²) in [7, 11) is 0. The lowest BCUT2D eigenvalue weighted by molar-refractivity contribution is 0.110. The summed E-state index contributed by atoms with van der Waals surface area (Å²) in [5.74, 6) is -0.997. The van der Waals surface area contributed by atoms with Gasteiger partial charge in [-0.15, -0.1) is 0 Å². The summed E-state index contributed by atoms with van der Waals surface area (Å²) in [4.78, 5) is 0. The second kappa shape index (κ2) is 5.49. The van der Waals surface area contributed by atoms with Crippen LogP contribution in [0.5, 0.6) is 0 Å². The molecule has 1 aliphatic carbocycles. The summed E-state index contributed by atoms with van der Waals surface area (Å²) in [5.41, 5.74) is 6.26. The monoisotopic (exact) mass is 331 g/mol. The van der Waals surface area contributed by atoms with Crippen molar-refractivity contribution in [1.29, 1.82) is 0 Å². The van der Waals surface area contributed by atoms with Gasteiger partial charge in [0.1, 0.15) is 11.6 Å². The molecule has 0 aliphatic heterocycles. The fourth-order valence-electron chi connectivity index (χ4n) is 3.24. The molecule has 0 heterocycles. The summed E-state index contributed by atoms with van der Waals surface area (Å²) in [5, 5.41) is 0. The summed E-state index contributed by atoms with van der Waals surface area (Å²) >= 11 is 3.10. The van der Waals surface area contributed by atoms with Gasteiger partial charge in [-0.2, -0.15) is 0 Å². The van der Waals surface area contributed by atoms with E-state index in [-0.39, 0.29) is 21.4 Å². The second-order valence-corrected chi connectivity index (χ2v) is 6.98. The molecule has 1 saturated carbocycles. The Morgan fingerprint density at radius 2 is 2.00 bits per heavy atom. The summed E-state index contributed by atoms with van der Waals surface area (Å²) in [6, 6.07) is 2.07. The van der Waals surface area contributed by atoms with Crippen molar-refractivity contribution in [2.45, 2.75) is 45.6 Å². The molecule has 0 saturated heterocycles. The molecule has 0 bridgehead atoms. The predicted octanol–water partition coefficient (Wildman–Crippen LogP) is 4.94. The Morgan fingerprint density at radius 1 is 1.32 bits per heavy atom. The first-order valence-electron chi connectivity index (χ1n) is 6.73.